The van der Waals surface area contributed by atoms with Gasteiger partial charge in [0.15, 0.2) is 11.5 Å². The number of aromatic amines is 1. The molecular weight excluding hydrogens is 202 g/mol. The molecule has 0 amide bonds. The van der Waals surface area contributed by atoms with Crippen molar-refractivity contribution < 1.29 is 0 Å². The van der Waals surface area contributed by atoms with Crippen LogP contribution in [0.4, 0.5) is 5.82 Å². The smallest absolute Gasteiger partial charge is 0.182 e. The van der Waals surface area contributed by atoms with Crippen LogP contribution in [0.1, 0.15) is 6.92 Å². The molecule has 0 aliphatic heterocycles. The zero-order chi connectivity index (χ0) is 9.97. The minimum Gasteiger partial charge on any atom is -0.365 e. The summed E-state index contributed by atoms with van der Waals surface area (Å²) in [5.74, 6) is 1.26. The number of anilines is 1. The SMILES string of the molecule is CC(CCl)Nc1ncnc2nc[nH]c12. The van der Waals surface area contributed by atoms with Gasteiger partial charge in [-0.2, -0.15) is 0 Å². The number of rotatable bonds is 3. The largest absolute Gasteiger partial charge is 0.365 e. The molecule has 2 N–H and O–H groups in total. The quantitative estimate of drug-likeness (QED) is 0.753. The Balaban J connectivity index is 2.36. The van der Waals surface area contributed by atoms with E-state index in [0.717, 1.165) is 11.3 Å². The van der Waals surface area contributed by atoms with Gasteiger partial charge in [0, 0.05) is 11.9 Å². The van der Waals surface area contributed by atoms with E-state index in [0.29, 0.717) is 11.5 Å². The second-order valence-electron chi connectivity index (χ2n) is 3.02. The van der Waals surface area contributed by atoms with Crippen LogP contribution in [0.5, 0.6) is 0 Å². The van der Waals surface area contributed by atoms with E-state index in [4.69, 9.17) is 11.6 Å². The molecular formula is C8H10ClN5. The maximum absolute atomic E-state index is 5.70. The van der Waals surface area contributed by atoms with E-state index in [1.165, 1.54) is 6.33 Å². The molecule has 0 spiro atoms. The maximum atomic E-state index is 5.70. The molecule has 74 valence electrons. The maximum Gasteiger partial charge on any atom is 0.182 e. The Morgan fingerprint density at radius 2 is 2.36 bits per heavy atom. The van der Waals surface area contributed by atoms with E-state index in [2.05, 4.69) is 25.3 Å². The number of hydrogen-bond donors (Lipinski definition) is 2. The Morgan fingerprint density at radius 1 is 1.50 bits per heavy atom. The average Bonchev–Trinajstić information content (AvgIpc) is 2.66. The predicted molar refractivity (Wildman–Crippen MR) is 55.5 cm³/mol. The molecule has 0 fully saturated rings. The molecule has 2 aromatic rings. The van der Waals surface area contributed by atoms with Gasteiger partial charge in [0.2, 0.25) is 0 Å². The number of alkyl halides is 1. The highest BCUT2D eigenvalue weighted by Gasteiger charge is 2.07. The molecule has 2 aromatic heterocycles. The normalized spacial score (nSPS) is 13.0. The molecule has 1 atom stereocenters. The number of imidazole rings is 1. The minimum absolute atomic E-state index is 0.165. The molecule has 0 saturated heterocycles. The second kappa shape index (κ2) is 3.79. The Bertz CT molecular complexity index is 426. The summed E-state index contributed by atoms with van der Waals surface area (Å²) in [4.78, 5) is 15.1. The van der Waals surface area contributed by atoms with Crippen LogP contribution in [0.2, 0.25) is 0 Å². The molecule has 5 nitrogen and oxygen atoms in total. The van der Waals surface area contributed by atoms with Gasteiger partial charge in [-0.1, -0.05) is 0 Å². The highest BCUT2D eigenvalue weighted by Crippen LogP contribution is 2.15. The Morgan fingerprint density at radius 3 is 3.14 bits per heavy atom. The summed E-state index contributed by atoms with van der Waals surface area (Å²) in [5.41, 5.74) is 1.47. The Labute approximate surface area is 85.9 Å². The van der Waals surface area contributed by atoms with Crippen LogP contribution < -0.4 is 5.32 Å². The third-order valence-corrected chi connectivity index (χ3v) is 2.30. The van der Waals surface area contributed by atoms with Crippen molar-refractivity contribution >= 4 is 28.6 Å². The van der Waals surface area contributed by atoms with Gasteiger partial charge >= 0.3 is 0 Å². The number of nitrogens with zero attached hydrogens (tertiary/aromatic N) is 3. The summed E-state index contributed by atoms with van der Waals surface area (Å²) < 4.78 is 0. The van der Waals surface area contributed by atoms with Crippen molar-refractivity contribution in [1.29, 1.82) is 0 Å². The summed E-state index contributed by atoms with van der Waals surface area (Å²) in [6, 6.07) is 0.165. The lowest BCUT2D eigenvalue weighted by molar-refractivity contribution is 0.897. The van der Waals surface area contributed by atoms with Crippen LogP contribution in [0, 0.1) is 0 Å². The Kier molecular flexibility index (Phi) is 2.49. The van der Waals surface area contributed by atoms with Gasteiger partial charge in [-0.3, -0.25) is 0 Å². The number of fused-ring (bicyclic) bond motifs is 1. The first-order valence-corrected chi connectivity index (χ1v) is 4.81. The molecule has 0 radical (unpaired) electrons. The summed E-state index contributed by atoms with van der Waals surface area (Å²) in [6.07, 6.45) is 3.07. The number of halogens is 1. The lowest BCUT2D eigenvalue weighted by Crippen LogP contribution is -2.17. The van der Waals surface area contributed by atoms with E-state index in [9.17, 15) is 0 Å². The first-order valence-electron chi connectivity index (χ1n) is 4.28. The van der Waals surface area contributed by atoms with E-state index < -0.39 is 0 Å². The van der Waals surface area contributed by atoms with E-state index in [1.807, 2.05) is 6.92 Å². The fourth-order valence-corrected chi connectivity index (χ4v) is 1.22. The third-order valence-electron chi connectivity index (χ3n) is 1.84. The van der Waals surface area contributed by atoms with Crippen molar-refractivity contribution in [3.05, 3.63) is 12.7 Å². The summed E-state index contributed by atoms with van der Waals surface area (Å²) in [6.45, 7) is 1.98. The summed E-state index contributed by atoms with van der Waals surface area (Å²) in [7, 11) is 0. The lowest BCUT2D eigenvalue weighted by atomic mass is 10.4. The third kappa shape index (κ3) is 1.63. The molecule has 0 bridgehead atoms. The molecule has 0 aliphatic carbocycles. The van der Waals surface area contributed by atoms with Crippen LogP contribution >= 0.6 is 11.6 Å². The van der Waals surface area contributed by atoms with Crippen molar-refractivity contribution in [2.24, 2.45) is 0 Å². The van der Waals surface area contributed by atoms with Crippen LogP contribution in [0.25, 0.3) is 11.2 Å². The topological polar surface area (TPSA) is 66.5 Å². The van der Waals surface area contributed by atoms with Crippen LogP contribution in [0.3, 0.4) is 0 Å². The highest BCUT2D eigenvalue weighted by atomic mass is 35.5. The van der Waals surface area contributed by atoms with Gasteiger partial charge in [0.25, 0.3) is 0 Å². The second-order valence-corrected chi connectivity index (χ2v) is 3.33. The van der Waals surface area contributed by atoms with Crippen molar-refractivity contribution in [1.82, 2.24) is 19.9 Å². The van der Waals surface area contributed by atoms with Crippen molar-refractivity contribution in [3.8, 4) is 0 Å². The van der Waals surface area contributed by atoms with E-state index in [-0.39, 0.29) is 6.04 Å². The van der Waals surface area contributed by atoms with Gasteiger partial charge in [-0.05, 0) is 6.92 Å². The molecule has 0 aliphatic rings. The zero-order valence-corrected chi connectivity index (χ0v) is 8.41. The highest BCUT2D eigenvalue weighted by molar-refractivity contribution is 6.18. The molecule has 0 saturated carbocycles. The van der Waals surface area contributed by atoms with Crippen molar-refractivity contribution in [2.45, 2.75) is 13.0 Å². The van der Waals surface area contributed by atoms with Gasteiger partial charge in [0.1, 0.15) is 11.8 Å². The van der Waals surface area contributed by atoms with E-state index >= 15 is 0 Å². The molecule has 2 heterocycles. The zero-order valence-electron chi connectivity index (χ0n) is 7.66. The summed E-state index contributed by atoms with van der Waals surface area (Å²) >= 11 is 5.70. The van der Waals surface area contributed by atoms with Crippen LogP contribution in [-0.4, -0.2) is 31.9 Å². The van der Waals surface area contributed by atoms with Crippen LogP contribution in [-0.2, 0) is 0 Å². The molecule has 2 rings (SSSR count). The van der Waals surface area contributed by atoms with Gasteiger partial charge < -0.3 is 10.3 Å². The minimum atomic E-state index is 0.165. The predicted octanol–water partition coefficient (Wildman–Crippen LogP) is 1.39. The summed E-state index contributed by atoms with van der Waals surface area (Å²) in [5, 5.41) is 3.17. The van der Waals surface area contributed by atoms with Crippen molar-refractivity contribution in [3.63, 3.8) is 0 Å². The van der Waals surface area contributed by atoms with Gasteiger partial charge in [0.05, 0.1) is 6.33 Å². The number of H-pyrrole nitrogens is 1. The molecule has 6 heteroatoms. The van der Waals surface area contributed by atoms with Gasteiger partial charge in [-0.15, -0.1) is 11.6 Å². The lowest BCUT2D eigenvalue weighted by Gasteiger charge is -2.10. The number of hydrogen-bond acceptors (Lipinski definition) is 4. The van der Waals surface area contributed by atoms with Crippen molar-refractivity contribution in [2.75, 3.05) is 11.2 Å². The van der Waals surface area contributed by atoms with Gasteiger partial charge in [-0.25, -0.2) is 15.0 Å². The fraction of sp³-hybridized carbons (Fsp3) is 0.375. The first-order chi connectivity index (χ1) is 6.81. The van der Waals surface area contributed by atoms with E-state index in [1.54, 1.807) is 6.33 Å². The van der Waals surface area contributed by atoms with Crippen LogP contribution in [0.15, 0.2) is 12.7 Å². The Hall–Kier alpha value is -1.36. The first kappa shape index (κ1) is 9.21. The standard InChI is InChI=1S/C8H10ClN5/c1-5(2-9)14-8-6-7(11-3-10-6)12-4-13-8/h3-5H,2H2,1H3,(H2,10,11,12,13,14). The molecule has 14 heavy (non-hydrogen) atoms. The molecule has 0 aromatic carbocycles. The number of aromatic nitrogens is 4. The molecule has 1 unspecified atom stereocenters. The monoisotopic (exact) mass is 211 g/mol. The fourth-order valence-electron chi connectivity index (χ4n) is 1.15. The average molecular weight is 212 g/mol. The number of nitrogens with one attached hydrogen (secondary N) is 2.